The van der Waals surface area contributed by atoms with Crippen LogP contribution in [0.25, 0.3) is 0 Å². The molecule has 10 rings (SSSR count). The Morgan fingerprint density at radius 2 is 1.14 bits per heavy atom. The second-order valence-electron chi connectivity index (χ2n) is 11.9. The highest BCUT2D eigenvalue weighted by molar-refractivity contribution is 6.33. The van der Waals surface area contributed by atoms with Gasteiger partial charge in [-0.1, -0.05) is 108 Å². The number of halogens is 2. The van der Waals surface area contributed by atoms with E-state index in [0.29, 0.717) is 15.7 Å². The molecule has 5 nitrogen and oxygen atoms in total. The Kier molecular flexibility index (Phi) is 5.35. The largest absolute Gasteiger partial charge is 0.273 e. The fraction of sp³-hybridized carbons (Fsp3) is 0.135. The van der Waals surface area contributed by atoms with E-state index < -0.39 is 28.9 Å². The van der Waals surface area contributed by atoms with Gasteiger partial charge in [0.05, 0.1) is 17.3 Å². The minimum Gasteiger partial charge on any atom is -0.273 e. The van der Waals surface area contributed by atoms with Crippen molar-refractivity contribution in [2.75, 3.05) is 9.96 Å². The van der Waals surface area contributed by atoms with Crippen LogP contribution in [-0.4, -0.2) is 17.4 Å². The Bertz CT molecular complexity index is 1970. The van der Waals surface area contributed by atoms with Gasteiger partial charge >= 0.3 is 0 Å². The molecule has 2 amide bonds. The highest BCUT2D eigenvalue weighted by Crippen LogP contribution is 2.77. The third kappa shape index (κ3) is 2.99. The summed E-state index contributed by atoms with van der Waals surface area (Å²) < 4.78 is 0. The van der Waals surface area contributed by atoms with Crippen molar-refractivity contribution in [3.63, 3.8) is 0 Å². The molecule has 7 heteroatoms. The maximum atomic E-state index is 15.6. The number of imide groups is 1. The molecule has 0 saturated carbocycles. The summed E-state index contributed by atoms with van der Waals surface area (Å²) in [7, 11) is 0. The van der Waals surface area contributed by atoms with Crippen LogP contribution in [0.1, 0.15) is 45.7 Å². The van der Waals surface area contributed by atoms with Gasteiger partial charge in [-0.3, -0.25) is 14.4 Å². The van der Waals surface area contributed by atoms with E-state index >= 15 is 9.59 Å². The number of nitrogens with zero attached hydrogens (tertiary/aromatic N) is 2. The number of para-hydroxylation sites is 1. The molecular weight excluding hydrogens is 591 g/mol. The molecule has 3 atom stereocenters. The van der Waals surface area contributed by atoms with Crippen molar-refractivity contribution in [3.05, 3.63) is 165 Å². The van der Waals surface area contributed by atoms with E-state index in [9.17, 15) is 0 Å². The third-order valence-electron chi connectivity index (χ3n) is 9.96. The van der Waals surface area contributed by atoms with Gasteiger partial charge in [0.2, 0.25) is 11.5 Å². The van der Waals surface area contributed by atoms with E-state index in [1.54, 1.807) is 24.3 Å². The van der Waals surface area contributed by atoms with E-state index in [0.717, 1.165) is 33.5 Å². The van der Waals surface area contributed by atoms with Crippen molar-refractivity contribution in [3.8, 4) is 0 Å². The smallest absolute Gasteiger partial charge is 0.271 e. The van der Waals surface area contributed by atoms with Crippen LogP contribution in [0, 0.1) is 5.41 Å². The van der Waals surface area contributed by atoms with Crippen LogP contribution >= 0.6 is 23.2 Å². The van der Waals surface area contributed by atoms with Crippen LogP contribution in [0.2, 0.25) is 10.0 Å². The number of anilines is 2. The number of hydroxylamine groups is 1. The van der Waals surface area contributed by atoms with Crippen LogP contribution in [-0.2, 0) is 14.4 Å². The first-order valence-electron chi connectivity index (χ1n) is 14.6. The van der Waals surface area contributed by atoms with Gasteiger partial charge in [0, 0.05) is 16.0 Å². The van der Waals surface area contributed by atoms with Crippen molar-refractivity contribution in [2.45, 2.75) is 23.5 Å². The first kappa shape index (κ1) is 26.0. The minimum atomic E-state index is -1.58. The van der Waals surface area contributed by atoms with Gasteiger partial charge in [-0.2, -0.15) is 0 Å². The van der Waals surface area contributed by atoms with Gasteiger partial charge in [0.25, 0.3) is 5.91 Å². The topological polar surface area (TPSA) is 49.9 Å². The van der Waals surface area contributed by atoms with Gasteiger partial charge < -0.3 is 0 Å². The molecule has 2 saturated heterocycles. The molecule has 0 radical (unpaired) electrons. The Morgan fingerprint density at radius 3 is 1.75 bits per heavy atom. The quantitative estimate of drug-likeness (QED) is 0.193. The van der Waals surface area contributed by atoms with Gasteiger partial charge in [-0.05, 0) is 70.3 Å². The van der Waals surface area contributed by atoms with Crippen molar-refractivity contribution in [1.29, 1.82) is 0 Å². The standard InChI is InChI=1S/C37H24Cl2N2O3/c38-23-19-17-22(18-20-23)33-36-31-27-13-4-6-15-29(27)32(30-16-7-5-14-28(30)31)37(36,44-41(33)25-10-2-1-3-11-25)35(43)40(34(36)42)26-12-8-9-24(39)21-26/h1-21,31-33H. The summed E-state index contributed by atoms with van der Waals surface area (Å²) in [5.41, 5.74) is 3.15. The number of amides is 2. The molecule has 214 valence electrons. The molecule has 5 aromatic rings. The molecule has 0 spiro atoms. The van der Waals surface area contributed by atoms with E-state index in [2.05, 4.69) is 24.3 Å². The lowest BCUT2D eigenvalue weighted by atomic mass is 9.43. The highest BCUT2D eigenvalue weighted by Gasteiger charge is 2.87. The number of rotatable bonds is 3. The molecule has 2 aliphatic heterocycles. The molecule has 0 aromatic heterocycles. The van der Waals surface area contributed by atoms with Crippen molar-refractivity contribution >= 4 is 46.4 Å². The Hall–Kier alpha value is -4.42. The number of hydrogen-bond donors (Lipinski definition) is 0. The zero-order valence-corrected chi connectivity index (χ0v) is 24.7. The lowest BCUT2D eigenvalue weighted by Gasteiger charge is -2.55. The molecule has 3 aliphatic carbocycles. The highest BCUT2D eigenvalue weighted by atomic mass is 35.5. The fourth-order valence-corrected chi connectivity index (χ4v) is 8.83. The van der Waals surface area contributed by atoms with Crippen LogP contribution in [0.4, 0.5) is 11.4 Å². The third-order valence-corrected chi connectivity index (χ3v) is 10.4. The molecule has 3 unspecified atom stereocenters. The average molecular weight is 616 g/mol. The van der Waals surface area contributed by atoms with Gasteiger partial charge in [-0.25, -0.2) is 9.96 Å². The second kappa shape index (κ2) is 9.05. The number of benzene rings is 5. The second-order valence-corrected chi connectivity index (χ2v) is 12.7. The lowest BCUT2D eigenvalue weighted by molar-refractivity contribution is -0.153. The molecular formula is C37H24Cl2N2O3. The predicted octanol–water partition coefficient (Wildman–Crippen LogP) is 8.08. The molecule has 5 aliphatic rings. The average Bonchev–Trinajstić information content (AvgIpc) is 3.49. The van der Waals surface area contributed by atoms with Crippen LogP contribution in [0.15, 0.2) is 127 Å². The summed E-state index contributed by atoms with van der Waals surface area (Å²) >= 11 is 12.8. The number of hydrogen-bond acceptors (Lipinski definition) is 4. The monoisotopic (exact) mass is 614 g/mol. The minimum absolute atomic E-state index is 0.304. The van der Waals surface area contributed by atoms with E-state index in [1.165, 1.54) is 4.90 Å². The van der Waals surface area contributed by atoms with Crippen LogP contribution < -0.4 is 9.96 Å². The lowest BCUT2D eigenvalue weighted by Crippen LogP contribution is -2.63. The number of carbonyl (C=O) groups is 2. The molecule has 2 bridgehead atoms. The molecule has 0 N–H and O–H groups in total. The van der Waals surface area contributed by atoms with Gasteiger partial charge in [0.1, 0.15) is 11.5 Å². The Morgan fingerprint density at radius 1 is 0.568 bits per heavy atom. The zero-order valence-electron chi connectivity index (χ0n) is 23.2. The first-order valence-corrected chi connectivity index (χ1v) is 15.3. The Balaban J connectivity index is 1.43. The van der Waals surface area contributed by atoms with E-state index in [4.69, 9.17) is 28.0 Å². The SMILES string of the molecule is O=C1N(c2cccc(Cl)c2)C(=O)C23C4c5ccccc5C(c5ccccc54)C12ON(c1ccccc1)C3c1ccc(Cl)cc1. The van der Waals surface area contributed by atoms with Crippen molar-refractivity contribution in [2.24, 2.45) is 5.41 Å². The molecule has 2 heterocycles. The van der Waals surface area contributed by atoms with Crippen LogP contribution in [0.5, 0.6) is 0 Å². The summed E-state index contributed by atoms with van der Waals surface area (Å²) in [6.45, 7) is 0. The summed E-state index contributed by atoms with van der Waals surface area (Å²) in [6, 6.07) is 39.9. The predicted molar refractivity (Wildman–Crippen MR) is 170 cm³/mol. The molecule has 44 heavy (non-hydrogen) atoms. The maximum absolute atomic E-state index is 15.6. The normalized spacial score (nSPS) is 27.6. The molecule has 5 aromatic carbocycles. The Labute approximate surface area is 264 Å². The molecule has 2 fully saturated rings. The van der Waals surface area contributed by atoms with Crippen molar-refractivity contribution < 1.29 is 14.4 Å². The van der Waals surface area contributed by atoms with Gasteiger partial charge in [-0.15, -0.1) is 0 Å². The van der Waals surface area contributed by atoms with E-state index in [-0.39, 0.29) is 11.8 Å². The summed E-state index contributed by atoms with van der Waals surface area (Å²) in [6.07, 6.45) is 0. The zero-order chi connectivity index (χ0) is 29.8. The summed E-state index contributed by atoms with van der Waals surface area (Å²) in [5.74, 6) is -1.71. The fourth-order valence-electron chi connectivity index (χ4n) is 8.52. The summed E-state index contributed by atoms with van der Waals surface area (Å²) in [5, 5.41) is 2.83. The first-order chi connectivity index (χ1) is 21.5. The van der Waals surface area contributed by atoms with Crippen molar-refractivity contribution in [1.82, 2.24) is 0 Å². The van der Waals surface area contributed by atoms with Gasteiger partial charge in [0.15, 0.2) is 0 Å². The number of carbonyl (C=O) groups excluding carboxylic acids is 2. The summed E-state index contributed by atoms with van der Waals surface area (Å²) in [4.78, 5) is 39.5. The maximum Gasteiger partial charge on any atom is 0.271 e. The van der Waals surface area contributed by atoms with Crippen LogP contribution in [0.3, 0.4) is 0 Å². The van der Waals surface area contributed by atoms with E-state index in [1.807, 2.05) is 83.9 Å².